The maximum Gasteiger partial charge on any atom is 0.118 e. The first-order chi connectivity index (χ1) is 9.70. The van der Waals surface area contributed by atoms with E-state index in [9.17, 15) is 0 Å². The highest BCUT2D eigenvalue weighted by molar-refractivity contribution is 7.07. The van der Waals surface area contributed by atoms with E-state index in [1.165, 1.54) is 18.4 Å². The Kier molecular flexibility index (Phi) is 4.19. The van der Waals surface area contributed by atoms with E-state index in [-0.39, 0.29) is 0 Å². The number of hydrogen-bond donors (Lipinski definition) is 1. The van der Waals surface area contributed by atoms with Crippen LogP contribution in [0.2, 0.25) is 0 Å². The summed E-state index contributed by atoms with van der Waals surface area (Å²) in [5.74, 6) is 2.07. The van der Waals surface area contributed by atoms with E-state index in [1.807, 2.05) is 12.4 Å². The maximum absolute atomic E-state index is 5.86. The molecule has 1 N–H and O–H groups in total. The highest BCUT2D eigenvalue weighted by atomic mass is 32.1. The Bertz CT molecular complexity index is 545. The third-order valence-electron chi connectivity index (χ3n) is 3.57. The number of aryl methyl sites for hydroxylation is 1. The van der Waals surface area contributed by atoms with Gasteiger partial charge >= 0.3 is 0 Å². The number of furan rings is 1. The lowest BCUT2D eigenvalue weighted by Crippen LogP contribution is -2.17. The van der Waals surface area contributed by atoms with Gasteiger partial charge < -0.3 is 9.73 Å². The van der Waals surface area contributed by atoms with E-state index >= 15 is 0 Å². The number of thiazole rings is 1. The number of nitrogens with one attached hydrogen (secondary N) is 1. The number of aromatic nitrogens is 1. The van der Waals surface area contributed by atoms with E-state index in [0.717, 1.165) is 42.9 Å². The molecule has 1 aliphatic carbocycles. The van der Waals surface area contributed by atoms with Gasteiger partial charge in [0.05, 0.1) is 17.7 Å². The van der Waals surface area contributed by atoms with E-state index in [2.05, 4.69) is 33.7 Å². The molecule has 5 heteroatoms. The Morgan fingerprint density at radius 2 is 2.30 bits per heavy atom. The second kappa shape index (κ2) is 6.08. The SMILES string of the molecule is Cc1oc(CN(C)Cc2cscn2)cc1CNC1CC1. The lowest BCUT2D eigenvalue weighted by molar-refractivity contribution is 0.282. The van der Waals surface area contributed by atoms with E-state index in [1.54, 1.807) is 11.3 Å². The van der Waals surface area contributed by atoms with Crippen LogP contribution in [0.1, 0.15) is 35.6 Å². The Labute approximate surface area is 123 Å². The molecule has 0 unspecified atom stereocenters. The molecule has 3 rings (SSSR count). The summed E-state index contributed by atoms with van der Waals surface area (Å²) >= 11 is 1.64. The van der Waals surface area contributed by atoms with Gasteiger partial charge in [-0.15, -0.1) is 11.3 Å². The summed E-state index contributed by atoms with van der Waals surface area (Å²) in [4.78, 5) is 6.54. The molecule has 2 heterocycles. The molecule has 0 spiro atoms. The minimum Gasteiger partial charge on any atom is -0.465 e. The lowest BCUT2D eigenvalue weighted by atomic mass is 10.2. The zero-order valence-corrected chi connectivity index (χ0v) is 12.9. The fourth-order valence-electron chi connectivity index (χ4n) is 2.30. The van der Waals surface area contributed by atoms with Crippen molar-refractivity contribution in [1.82, 2.24) is 15.2 Å². The van der Waals surface area contributed by atoms with Crippen LogP contribution in [0.5, 0.6) is 0 Å². The molecule has 1 fully saturated rings. The minimum absolute atomic E-state index is 0.736. The fraction of sp³-hybridized carbons (Fsp3) is 0.533. The van der Waals surface area contributed by atoms with Crippen molar-refractivity contribution < 1.29 is 4.42 Å². The monoisotopic (exact) mass is 291 g/mol. The molecule has 2 aromatic rings. The third-order valence-corrected chi connectivity index (χ3v) is 4.21. The first-order valence-corrected chi connectivity index (χ1v) is 8.02. The quantitative estimate of drug-likeness (QED) is 0.851. The predicted molar refractivity (Wildman–Crippen MR) is 80.6 cm³/mol. The van der Waals surface area contributed by atoms with E-state index < -0.39 is 0 Å². The average molecular weight is 291 g/mol. The number of nitrogens with zero attached hydrogens (tertiary/aromatic N) is 2. The van der Waals surface area contributed by atoms with Crippen LogP contribution in [-0.2, 0) is 19.6 Å². The second-order valence-electron chi connectivity index (χ2n) is 5.60. The summed E-state index contributed by atoms with van der Waals surface area (Å²) in [7, 11) is 2.10. The van der Waals surface area contributed by atoms with Crippen molar-refractivity contribution in [2.45, 2.75) is 45.4 Å². The molecule has 0 aromatic carbocycles. The minimum atomic E-state index is 0.736. The number of hydrogen-bond acceptors (Lipinski definition) is 5. The van der Waals surface area contributed by atoms with Crippen molar-refractivity contribution in [3.63, 3.8) is 0 Å². The van der Waals surface area contributed by atoms with Crippen LogP contribution in [0.25, 0.3) is 0 Å². The van der Waals surface area contributed by atoms with E-state index in [4.69, 9.17) is 4.42 Å². The van der Waals surface area contributed by atoms with Crippen LogP contribution in [0.3, 0.4) is 0 Å². The molecule has 4 nitrogen and oxygen atoms in total. The van der Waals surface area contributed by atoms with Crippen molar-refractivity contribution >= 4 is 11.3 Å². The van der Waals surface area contributed by atoms with E-state index in [0.29, 0.717) is 0 Å². The second-order valence-corrected chi connectivity index (χ2v) is 6.32. The summed E-state index contributed by atoms with van der Waals surface area (Å²) in [5.41, 5.74) is 4.28. The van der Waals surface area contributed by atoms with Gasteiger partial charge in [-0.25, -0.2) is 4.98 Å². The summed E-state index contributed by atoms with van der Waals surface area (Å²) < 4.78 is 5.86. The molecule has 0 aliphatic heterocycles. The van der Waals surface area contributed by atoms with Crippen molar-refractivity contribution in [2.24, 2.45) is 0 Å². The fourth-order valence-corrected chi connectivity index (χ4v) is 2.85. The summed E-state index contributed by atoms with van der Waals surface area (Å²) in [6.45, 7) is 4.66. The van der Waals surface area contributed by atoms with Gasteiger partial charge in [0.15, 0.2) is 0 Å². The zero-order chi connectivity index (χ0) is 13.9. The van der Waals surface area contributed by atoms with Crippen LogP contribution < -0.4 is 5.32 Å². The molecule has 0 saturated heterocycles. The Balaban J connectivity index is 1.54. The molecule has 2 aromatic heterocycles. The van der Waals surface area contributed by atoms with Crippen LogP contribution >= 0.6 is 11.3 Å². The van der Waals surface area contributed by atoms with Gasteiger partial charge in [0, 0.05) is 30.1 Å². The molecule has 0 radical (unpaired) electrons. The molecule has 0 atom stereocenters. The van der Waals surface area contributed by atoms with Crippen LogP contribution in [0, 0.1) is 6.92 Å². The maximum atomic E-state index is 5.86. The topological polar surface area (TPSA) is 41.3 Å². The van der Waals surface area contributed by atoms with Crippen molar-refractivity contribution in [3.05, 3.63) is 39.7 Å². The largest absolute Gasteiger partial charge is 0.465 e. The van der Waals surface area contributed by atoms with Gasteiger partial charge in [-0.2, -0.15) is 0 Å². The normalized spacial score (nSPS) is 15.2. The Hall–Kier alpha value is -1.17. The zero-order valence-electron chi connectivity index (χ0n) is 12.1. The summed E-state index contributed by atoms with van der Waals surface area (Å²) in [6.07, 6.45) is 2.64. The van der Waals surface area contributed by atoms with Gasteiger partial charge in [-0.05, 0) is 32.9 Å². The molecule has 20 heavy (non-hydrogen) atoms. The van der Waals surface area contributed by atoms with Gasteiger partial charge in [0.25, 0.3) is 0 Å². The highest BCUT2D eigenvalue weighted by Crippen LogP contribution is 2.21. The van der Waals surface area contributed by atoms with Crippen LogP contribution in [0.4, 0.5) is 0 Å². The van der Waals surface area contributed by atoms with Crippen molar-refractivity contribution in [2.75, 3.05) is 7.05 Å². The Morgan fingerprint density at radius 3 is 3.00 bits per heavy atom. The third kappa shape index (κ3) is 3.69. The first kappa shape index (κ1) is 13.8. The van der Waals surface area contributed by atoms with Gasteiger partial charge in [0.2, 0.25) is 0 Å². The van der Waals surface area contributed by atoms with Gasteiger partial charge in [0.1, 0.15) is 11.5 Å². The standard InChI is InChI=1S/C15H21N3OS/c1-11-12(6-16-13-3-4-13)5-15(19-11)8-18(2)7-14-9-20-10-17-14/h5,9-10,13,16H,3-4,6-8H2,1-2H3. The number of rotatable bonds is 7. The molecular formula is C15H21N3OS. The Morgan fingerprint density at radius 1 is 1.45 bits per heavy atom. The molecule has 1 saturated carbocycles. The predicted octanol–water partition coefficient (Wildman–Crippen LogP) is 2.93. The summed E-state index contributed by atoms with van der Waals surface area (Å²) in [5, 5.41) is 5.63. The lowest BCUT2D eigenvalue weighted by Gasteiger charge is -2.13. The first-order valence-electron chi connectivity index (χ1n) is 7.08. The molecule has 108 valence electrons. The molecule has 1 aliphatic rings. The van der Waals surface area contributed by atoms with Gasteiger partial charge in [-0.1, -0.05) is 0 Å². The molecule has 0 bridgehead atoms. The van der Waals surface area contributed by atoms with Crippen molar-refractivity contribution in [1.29, 1.82) is 0 Å². The summed E-state index contributed by atoms with van der Waals surface area (Å²) in [6, 6.07) is 2.92. The van der Waals surface area contributed by atoms with Gasteiger partial charge in [-0.3, -0.25) is 4.90 Å². The average Bonchev–Trinajstić information content (AvgIpc) is 2.98. The van der Waals surface area contributed by atoms with Crippen LogP contribution in [-0.4, -0.2) is 23.0 Å². The molecule has 0 amide bonds. The molecular weight excluding hydrogens is 270 g/mol. The highest BCUT2D eigenvalue weighted by Gasteiger charge is 2.21. The smallest absolute Gasteiger partial charge is 0.118 e. The van der Waals surface area contributed by atoms with Crippen molar-refractivity contribution in [3.8, 4) is 0 Å². The van der Waals surface area contributed by atoms with Crippen LogP contribution in [0.15, 0.2) is 21.4 Å².